The maximum Gasteiger partial charge on any atom is 0.306 e. The summed E-state index contributed by atoms with van der Waals surface area (Å²) in [6.07, 6.45) is 3.74. The third kappa shape index (κ3) is 3.24. The van der Waals surface area contributed by atoms with Crippen LogP contribution in [0.1, 0.15) is 38.1 Å². The van der Waals surface area contributed by atoms with Crippen molar-refractivity contribution < 1.29 is 14.7 Å². The van der Waals surface area contributed by atoms with Crippen LogP contribution in [0, 0.1) is 11.8 Å². The highest BCUT2D eigenvalue weighted by molar-refractivity contribution is 5.93. The number of hydrogen-bond acceptors (Lipinski definition) is 5. The molecular weight excluding hydrogens is 322 g/mol. The molecule has 2 aliphatic carbocycles. The van der Waals surface area contributed by atoms with Gasteiger partial charge in [-0.05, 0) is 54.7 Å². The smallest absolute Gasteiger partial charge is 0.306 e. The quantitative estimate of drug-likeness (QED) is 0.862. The van der Waals surface area contributed by atoms with E-state index in [0.717, 1.165) is 18.4 Å². The van der Waals surface area contributed by atoms with Crippen LogP contribution in [0.4, 0.5) is 5.69 Å². The van der Waals surface area contributed by atoms with Gasteiger partial charge in [-0.15, -0.1) is 5.10 Å². The summed E-state index contributed by atoms with van der Waals surface area (Å²) in [7, 11) is 0. The number of anilines is 1. The Balaban J connectivity index is 1.47. The molecule has 8 heteroatoms. The molecule has 1 amide bonds. The minimum Gasteiger partial charge on any atom is -0.481 e. The van der Waals surface area contributed by atoms with E-state index in [9.17, 15) is 9.59 Å². The molecule has 1 heterocycles. The predicted octanol–water partition coefficient (Wildman–Crippen LogP) is 2.11. The monoisotopic (exact) mass is 341 g/mol. The van der Waals surface area contributed by atoms with Crippen LogP contribution in [0.15, 0.2) is 24.3 Å². The summed E-state index contributed by atoms with van der Waals surface area (Å²) in [6, 6.07) is 7.80. The Labute approximate surface area is 144 Å². The molecule has 2 atom stereocenters. The second-order valence-corrected chi connectivity index (χ2v) is 6.79. The molecule has 0 unspecified atom stereocenters. The highest BCUT2D eigenvalue weighted by Crippen LogP contribution is 2.37. The number of carboxylic acids is 1. The molecular formula is C17H19N5O3. The van der Waals surface area contributed by atoms with Gasteiger partial charge in [-0.2, -0.15) is 0 Å². The van der Waals surface area contributed by atoms with Crippen molar-refractivity contribution in [3.05, 3.63) is 24.3 Å². The summed E-state index contributed by atoms with van der Waals surface area (Å²) in [6.45, 7) is 0. The highest BCUT2D eigenvalue weighted by atomic mass is 16.4. The van der Waals surface area contributed by atoms with Crippen LogP contribution in [-0.2, 0) is 9.59 Å². The van der Waals surface area contributed by atoms with Gasteiger partial charge in [0.05, 0.1) is 12.0 Å². The van der Waals surface area contributed by atoms with E-state index in [-0.39, 0.29) is 11.8 Å². The Morgan fingerprint density at radius 3 is 2.68 bits per heavy atom. The van der Waals surface area contributed by atoms with Gasteiger partial charge in [-0.1, -0.05) is 12.1 Å². The van der Waals surface area contributed by atoms with Crippen molar-refractivity contribution >= 4 is 17.6 Å². The van der Waals surface area contributed by atoms with Crippen molar-refractivity contribution in [2.75, 3.05) is 5.32 Å². The third-order valence-corrected chi connectivity index (χ3v) is 4.93. The number of tetrazole rings is 1. The lowest BCUT2D eigenvalue weighted by atomic mass is 10.0. The van der Waals surface area contributed by atoms with Gasteiger partial charge in [0.1, 0.15) is 0 Å². The molecule has 1 aromatic carbocycles. The van der Waals surface area contributed by atoms with Crippen LogP contribution in [0.5, 0.6) is 0 Å². The maximum absolute atomic E-state index is 12.4. The zero-order valence-electron chi connectivity index (χ0n) is 13.6. The number of nitrogens with one attached hydrogen (secondary N) is 1. The summed E-state index contributed by atoms with van der Waals surface area (Å²) < 4.78 is 1.83. The first kappa shape index (κ1) is 15.7. The van der Waals surface area contributed by atoms with Crippen LogP contribution in [0.3, 0.4) is 0 Å². The van der Waals surface area contributed by atoms with E-state index in [1.165, 1.54) is 0 Å². The predicted molar refractivity (Wildman–Crippen MR) is 88.6 cm³/mol. The molecule has 4 rings (SSSR count). The first-order valence-corrected chi connectivity index (χ1v) is 8.54. The molecule has 1 aromatic heterocycles. The third-order valence-electron chi connectivity index (χ3n) is 4.93. The molecule has 8 nitrogen and oxygen atoms in total. The lowest BCUT2D eigenvalue weighted by Gasteiger charge is -2.12. The first-order chi connectivity index (χ1) is 12.1. The van der Waals surface area contributed by atoms with Gasteiger partial charge in [0.25, 0.3) is 0 Å². The molecule has 2 fully saturated rings. The Morgan fingerprint density at radius 1 is 1.16 bits per heavy atom. The van der Waals surface area contributed by atoms with Crippen LogP contribution in [0.25, 0.3) is 11.4 Å². The van der Waals surface area contributed by atoms with Gasteiger partial charge in [-0.3, -0.25) is 9.59 Å². The van der Waals surface area contributed by atoms with Gasteiger partial charge in [0.15, 0.2) is 5.82 Å². The molecule has 0 spiro atoms. The van der Waals surface area contributed by atoms with E-state index in [0.29, 0.717) is 36.8 Å². The normalized spacial score (nSPS) is 22.7. The Kier molecular flexibility index (Phi) is 3.95. The summed E-state index contributed by atoms with van der Waals surface area (Å²) in [5.74, 6) is -0.899. The lowest BCUT2D eigenvalue weighted by Crippen LogP contribution is -2.21. The molecule has 130 valence electrons. The SMILES string of the molecule is O=C(O)[C@@H]1CC[C@H](C(=O)Nc2cccc(-c3nnnn3C3CC3)c2)C1. The van der Waals surface area contributed by atoms with Crippen LogP contribution in [-0.4, -0.2) is 37.2 Å². The molecule has 0 aliphatic heterocycles. The summed E-state index contributed by atoms with van der Waals surface area (Å²) in [5, 5.41) is 23.9. The van der Waals surface area contributed by atoms with Gasteiger partial charge < -0.3 is 10.4 Å². The van der Waals surface area contributed by atoms with Gasteiger partial charge in [0, 0.05) is 17.2 Å². The van der Waals surface area contributed by atoms with E-state index in [1.54, 1.807) is 0 Å². The number of carbonyl (C=O) groups is 2. The fraction of sp³-hybridized carbons (Fsp3) is 0.471. The topological polar surface area (TPSA) is 110 Å². The van der Waals surface area contributed by atoms with Crippen molar-refractivity contribution in [2.45, 2.75) is 38.1 Å². The number of benzene rings is 1. The van der Waals surface area contributed by atoms with Crippen LogP contribution >= 0.6 is 0 Å². The zero-order chi connectivity index (χ0) is 17.4. The Morgan fingerprint density at radius 2 is 1.96 bits per heavy atom. The number of rotatable bonds is 5. The van der Waals surface area contributed by atoms with Crippen molar-refractivity contribution in [2.24, 2.45) is 11.8 Å². The van der Waals surface area contributed by atoms with E-state index < -0.39 is 11.9 Å². The van der Waals surface area contributed by atoms with E-state index in [2.05, 4.69) is 20.8 Å². The number of aromatic nitrogens is 4. The van der Waals surface area contributed by atoms with Crippen molar-refractivity contribution in [3.63, 3.8) is 0 Å². The van der Waals surface area contributed by atoms with Gasteiger partial charge in [-0.25, -0.2) is 4.68 Å². The van der Waals surface area contributed by atoms with Crippen molar-refractivity contribution in [1.82, 2.24) is 20.2 Å². The molecule has 2 aromatic rings. The average Bonchev–Trinajstić information content (AvgIpc) is 3.13. The molecule has 0 saturated heterocycles. The summed E-state index contributed by atoms with van der Waals surface area (Å²) in [5.41, 5.74) is 1.52. The van der Waals surface area contributed by atoms with E-state index in [4.69, 9.17) is 5.11 Å². The van der Waals surface area contributed by atoms with Gasteiger partial charge >= 0.3 is 5.97 Å². The van der Waals surface area contributed by atoms with E-state index >= 15 is 0 Å². The Bertz CT molecular complexity index is 814. The number of hydrogen-bond donors (Lipinski definition) is 2. The fourth-order valence-corrected chi connectivity index (χ4v) is 3.37. The lowest BCUT2D eigenvalue weighted by molar-refractivity contribution is -0.141. The summed E-state index contributed by atoms with van der Waals surface area (Å²) in [4.78, 5) is 23.5. The highest BCUT2D eigenvalue weighted by Gasteiger charge is 2.34. The largest absolute Gasteiger partial charge is 0.481 e. The van der Waals surface area contributed by atoms with E-state index in [1.807, 2.05) is 28.9 Å². The number of aliphatic carboxylic acids is 1. The molecule has 2 aliphatic rings. The fourth-order valence-electron chi connectivity index (χ4n) is 3.37. The second-order valence-electron chi connectivity index (χ2n) is 6.79. The van der Waals surface area contributed by atoms with Crippen LogP contribution in [0.2, 0.25) is 0 Å². The molecule has 0 radical (unpaired) electrons. The van der Waals surface area contributed by atoms with Crippen molar-refractivity contribution in [1.29, 1.82) is 0 Å². The first-order valence-electron chi connectivity index (χ1n) is 8.54. The van der Waals surface area contributed by atoms with Gasteiger partial charge in [0.2, 0.25) is 5.91 Å². The molecule has 25 heavy (non-hydrogen) atoms. The zero-order valence-corrected chi connectivity index (χ0v) is 13.6. The minimum atomic E-state index is -0.816. The number of amides is 1. The number of carbonyl (C=O) groups excluding carboxylic acids is 1. The molecule has 2 saturated carbocycles. The second kappa shape index (κ2) is 6.27. The van der Waals surface area contributed by atoms with Crippen molar-refractivity contribution in [3.8, 4) is 11.4 Å². The standard InChI is InChI=1S/C17H19N5O3/c23-16(11-4-5-12(8-11)17(24)25)18-13-3-1-2-10(9-13)15-19-20-21-22(15)14-6-7-14/h1-3,9,11-12,14H,4-8H2,(H,18,23)(H,24,25)/t11-,12+/m0/s1. The van der Waals surface area contributed by atoms with Crippen LogP contribution < -0.4 is 5.32 Å². The molecule has 0 bridgehead atoms. The number of nitrogens with zero attached hydrogens (tertiary/aromatic N) is 4. The summed E-state index contributed by atoms with van der Waals surface area (Å²) >= 11 is 0. The maximum atomic E-state index is 12.4. The molecule has 2 N–H and O–H groups in total. The minimum absolute atomic E-state index is 0.123. The number of carboxylic acid groups (broad SMARTS) is 1. The Hall–Kier alpha value is -2.77. The average molecular weight is 341 g/mol.